The van der Waals surface area contributed by atoms with Crippen molar-refractivity contribution in [2.45, 2.75) is 24.6 Å². The summed E-state index contributed by atoms with van der Waals surface area (Å²) in [6, 6.07) is 4.89. The summed E-state index contributed by atoms with van der Waals surface area (Å²) >= 11 is 0. The zero-order valence-corrected chi connectivity index (χ0v) is 11.6. The molecule has 0 bridgehead atoms. The minimum atomic E-state index is -0.434. The summed E-state index contributed by atoms with van der Waals surface area (Å²) in [6.07, 6.45) is 6.50. The molecule has 3 atom stereocenters. The third-order valence-corrected chi connectivity index (χ3v) is 4.02. The predicted molar refractivity (Wildman–Crippen MR) is 78.8 cm³/mol. The van der Waals surface area contributed by atoms with Crippen molar-refractivity contribution in [3.63, 3.8) is 0 Å². The van der Waals surface area contributed by atoms with Crippen LogP contribution in [0.25, 0.3) is 11.0 Å². The maximum Gasteiger partial charge on any atom is 0.143 e. The fourth-order valence-corrected chi connectivity index (χ4v) is 2.90. The third kappa shape index (κ3) is 2.10. The van der Waals surface area contributed by atoms with Gasteiger partial charge in [-0.3, -0.25) is 9.67 Å². The van der Waals surface area contributed by atoms with E-state index in [4.69, 9.17) is 0 Å². The zero-order valence-electron chi connectivity index (χ0n) is 11.6. The lowest BCUT2D eigenvalue weighted by Crippen LogP contribution is -2.51. The lowest BCUT2D eigenvalue weighted by Gasteiger charge is -2.42. The van der Waals surface area contributed by atoms with Gasteiger partial charge in [0.25, 0.3) is 0 Å². The molecule has 0 unspecified atom stereocenters. The van der Waals surface area contributed by atoms with Crippen molar-refractivity contribution in [1.82, 2.24) is 19.7 Å². The van der Waals surface area contributed by atoms with Crippen LogP contribution in [0.15, 0.2) is 43.0 Å². The molecule has 7 heteroatoms. The minimum absolute atomic E-state index is 0.0346. The fourth-order valence-electron chi connectivity index (χ4n) is 2.90. The first-order valence-electron chi connectivity index (χ1n) is 7.06. The highest BCUT2D eigenvalue weighted by atomic mass is 19.1. The number of fused-ring (bicyclic) bond motifs is 1. The Hall–Kier alpha value is -2.54. The maximum atomic E-state index is 13.2. The van der Waals surface area contributed by atoms with Gasteiger partial charge in [0, 0.05) is 24.7 Å². The number of hydrogen-bond acceptors (Lipinski definition) is 5. The van der Waals surface area contributed by atoms with Gasteiger partial charge in [0.1, 0.15) is 11.3 Å². The first kappa shape index (κ1) is 13.1. The molecule has 0 aromatic carbocycles. The number of aromatic nitrogens is 4. The van der Waals surface area contributed by atoms with E-state index in [1.807, 2.05) is 12.3 Å². The highest BCUT2D eigenvalue weighted by Crippen LogP contribution is 2.35. The standard InChI is InChI=1S/C15H14FN5O/c16-9-6-11-14(18-8-9)10(2-4-17-11)20-12-7-13(22)15(12)21-5-1-3-19-21/h1-6,8,12-13,15,22H,7H2,(H,17,20)/t12-,13+,15+/m0/s1. The molecule has 1 aliphatic rings. The molecule has 3 heterocycles. The Bertz CT molecular complexity index is 807. The molecular weight excluding hydrogens is 285 g/mol. The van der Waals surface area contributed by atoms with E-state index in [1.165, 1.54) is 12.3 Å². The van der Waals surface area contributed by atoms with Gasteiger partial charge in [0.15, 0.2) is 0 Å². The molecule has 112 valence electrons. The molecule has 2 N–H and O–H groups in total. The molecule has 22 heavy (non-hydrogen) atoms. The van der Waals surface area contributed by atoms with Gasteiger partial charge < -0.3 is 10.4 Å². The van der Waals surface area contributed by atoms with E-state index in [9.17, 15) is 9.50 Å². The van der Waals surface area contributed by atoms with Crippen LogP contribution in [0.1, 0.15) is 12.5 Å². The Balaban J connectivity index is 1.64. The summed E-state index contributed by atoms with van der Waals surface area (Å²) in [5.74, 6) is -0.411. The van der Waals surface area contributed by atoms with Crippen LogP contribution in [-0.4, -0.2) is 37.0 Å². The van der Waals surface area contributed by atoms with Gasteiger partial charge in [-0.2, -0.15) is 5.10 Å². The zero-order chi connectivity index (χ0) is 15.1. The van der Waals surface area contributed by atoms with Gasteiger partial charge >= 0.3 is 0 Å². The van der Waals surface area contributed by atoms with Gasteiger partial charge in [-0.1, -0.05) is 0 Å². The summed E-state index contributed by atoms with van der Waals surface area (Å²) < 4.78 is 15.0. The molecule has 4 rings (SSSR count). The molecule has 6 nitrogen and oxygen atoms in total. The first-order valence-corrected chi connectivity index (χ1v) is 7.06. The second-order valence-corrected chi connectivity index (χ2v) is 5.41. The largest absolute Gasteiger partial charge is 0.391 e. The Morgan fingerprint density at radius 3 is 3.00 bits per heavy atom. The molecule has 1 aliphatic carbocycles. The second kappa shape index (κ2) is 5.03. The topological polar surface area (TPSA) is 75.9 Å². The minimum Gasteiger partial charge on any atom is -0.391 e. The Morgan fingerprint density at radius 1 is 1.32 bits per heavy atom. The molecular formula is C15H14FN5O. The average molecular weight is 299 g/mol. The lowest BCUT2D eigenvalue weighted by atomic mass is 9.83. The molecule has 0 spiro atoms. The number of halogens is 1. The van der Waals surface area contributed by atoms with E-state index in [0.29, 0.717) is 17.5 Å². The highest BCUT2D eigenvalue weighted by Gasteiger charge is 2.42. The van der Waals surface area contributed by atoms with Gasteiger partial charge in [-0.15, -0.1) is 0 Å². The number of nitrogens with one attached hydrogen (secondary N) is 1. The summed E-state index contributed by atoms with van der Waals surface area (Å²) in [5, 5.41) is 17.6. The number of nitrogens with zero attached hydrogens (tertiary/aromatic N) is 4. The summed E-state index contributed by atoms with van der Waals surface area (Å²) in [4.78, 5) is 8.24. The molecule has 0 saturated heterocycles. The van der Waals surface area contributed by atoms with Crippen molar-refractivity contribution in [2.24, 2.45) is 0 Å². The Morgan fingerprint density at radius 2 is 2.23 bits per heavy atom. The summed E-state index contributed by atoms with van der Waals surface area (Å²) in [6.45, 7) is 0. The van der Waals surface area contributed by atoms with Crippen molar-refractivity contribution < 1.29 is 9.50 Å². The van der Waals surface area contributed by atoms with E-state index in [-0.39, 0.29) is 12.1 Å². The smallest absolute Gasteiger partial charge is 0.143 e. The Kier molecular flexibility index (Phi) is 3.00. The molecule has 0 radical (unpaired) electrons. The van der Waals surface area contributed by atoms with E-state index >= 15 is 0 Å². The van der Waals surface area contributed by atoms with E-state index in [2.05, 4.69) is 20.4 Å². The van der Waals surface area contributed by atoms with Crippen molar-refractivity contribution >= 4 is 16.7 Å². The van der Waals surface area contributed by atoms with E-state index < -0.39 is 11.9 Å². The van der Waals surface area contributed by atoms with Gasteiger partial charge in [0.05, 0.1) is 35.6 Å². The van der Waals surface area contributed by atoms with Crippen molar-refractivity contribution in [3.05, 3.63) is 48.8 Å². The molecule has 0 aliphatic heterocycles. The first-order chi connectivity index (χ1) is 10.7. The van der Waals surface area contributed by atoms with Crippen molar-refractivity contribution in [1.29, 1.82) is 0 Å². The summed E-state index contributed by atoms with van der Waals surface area (Å²) in [5.41, 5.74) is 1.89. The van der Waals surface area contributed by atoms with Crippen LogP contribution in [0.5, 0.6) is 0 Å². The quantitative estimate of drug-likeness (QED) is 0.770. The van der Waals surface area contributed by atoms with Crippen LogP contribution in [-0.2, 0) is 0 Å². The number of aliphatic hydroxyl groups excluding tert-OH is 1. The van der Waals surface area contributed by atoms with Gasteiger partial charge in [-0.25, -0.2) is 9.37 Å². The Labute approximate surface area is 125 Å². The molecule has 1 fully saturated rings. The van der Waals surface area contributed by atoms with Crippen LogP contribution >= 0.6 is 0 Å². The number of anilines is 1. The number of hydrogen-bond donors (Lipinski definition) is 2. The second-order valence-electron chi connectivity index (χ2n) is 5.41. The average Bonchev–Trinajstić information content (AvgIpc) is 2.99. The molecule has 0 amide bonds. The molecule has 1 saturated carbocycles. The SMILES string of the molecule is O[C@@H]1C[C@H](Nc2ccnc3cc(F)cnc23)[C@H]1n1cccn1. The van der Waals surface area contributed by atoms with E-state index in [1.54, 1.807) is 23.1 Å². The fraction of sp³-hybridized carbons (Fsp3) is 0.267. The van der Waals surface area contributed by atoms with Crippen LogP contribution < -0.4 is 5.32 Å². The van der Waals surface area contributed by atoms with E-state index in [0.717, 1.165) is 5.69 Å². The lowest BCUT2D eigenvalue weighted by molar-refractivity contribution is 0.0134. The number of pyridine rings is 2. The van der Waals surface area contributed by atoms with Gasteiger partial charge in [-0.05, 0) is 18.6 Å². The van der Waals surface area contributed by atoms with Crippen LogP contribution in [0.3, 0.4) is 0 Å². The molecule has 3 aromatic rings. The highest BCUT2D eigenvalue weighted by molar-refractivity contribution is 5.87. The van der Waals surface area contributed by atoms with Crippen LogP contribution in [0, 0.1) is 5.82 Å². The maximum absolute atomic E-state index is 13.2. The third-order valence-electron chi connectivity index (χ3n) is 4.02. The number of aliphatic hydroxyl groups is 1. The monoisotopic (exact) mass is 299 g/mol. The van der Waals surface area contributed by atoms with Crippen LogP contribution in [0.4, 0.5) is 10.1 Å². The predicted octanol–water partition coefficient (Wildman–Crippen LogP) is 1.75. The van der Waals surface area contributed by atoms with Crippen molar-refractivity contribution in [2.75, 3.05) is 5.32 Å². The van der Waals surface area contributed by atoms with Gasteiger partial charge in [0.2, 0.25) is 0 Å². The van der Waals surface area contributed by atoms with Crippen molar-refractivity contribution in [3.8, 4) is 0 Å². The van der Waals surface area contributed by atoms with Crippen LogP contribution in [0.2, 0.25) is 0 Å². The normalized spacial score (nSPS) is 24.2. The summed E-state index contributed by atoms with van der Waals surface area (Å²) in [7, 11) is 0. The number of rotatable bonds is 3. The molecule has 3 aromatic heterocycles.